The van der Waals surface area contributed by atoms with E-state index in [1.54, 1.807) is 31.5 Å². The number of carbonyl (C=O) groups excluding carboxylic acids is 2. The first-order valence-corrected chi connectivity index (χ1v) is 9.83. The summed E-state index contributed by atoms with van der Waals surface area (Å²) in [6.45, 7) is 5.39. The van der Waals surface area contributed by atoms with Crippen LogP contribution in [0, 0.1) is 26.6 Å². The number of amides is 1. The number of halogens is 1. The summed E-state index contributed by atoms with van der Waals surface area (Å²) in [6.07, 6.45) is 3.16. The highest BCUT2D eigenvalue weighted by atomic mass is 19.1. The molecule has 0 radical (unpaired) electrons. The molecule has 1 aliphatic rings. The van der Waals surface area contributed by atoms with Gasteiger partial charge in [-0.1, -0.05) is 12.1 Å². The number of ketones is 1. The maximum absolute atomic E-state index is 13.7. The molecule has 2 heterocycles. The van der Waals surface area contributed by atoms with Gasteiger partial charge in [-0.15, -0.1) is 0 Å². The Balaban J connectivity index is 1.97. The van der Waals surface area contributed by atoms with Crippen molar-refractivity contribution >= 4 is 23.1 Å². The zero-order valence-corrected chi connectivity index (χ0v) is 17.4. The van der Waals surface area contributed by atoms with Crippen molar-refractivity contribution in [3.63, 3.8) is 0 Å². The van der Waals surface area contributed by atoms with Crippen LogP contribution in [0.3, 0.4) is 0 Å². The molecule has 0 bridgehead atoms. The van der Waals surface area contributed by atoms with Crippen LogP contribution in [0.15, 0.2) is 66.5 Å². The van der Waals surface area contributed by atoms with Crippen molar-refractivity contribution in [1.29, 1.82) is 0 Å². The van der Waals surface area contributed by atoms with E-state index in [1.807, 2.05) is 32.0 Å². The standard InChI is InChI=1S/C25H21FN2O3/c1-14-9-15(2)11-19(10-14)28-22(18-5-4-8-27-13-18)21(24(30)25(28)31)23(29)17-6-7-20(26)16(3)12-17/h4-13,22,29H,1-3H3/b23-21-. The third-order valence-electron chi connectivity index (χ3n) is 5.36. The maximum Gasteiger partial charge on any atom is 0.300 e. The highest BCUT2D eigenvalue weighted by Gasteiger charge is 2.47. The lowest BCUT2D eigenvalue weighted by Crippen LogP contribution is -2.29. The Morgan fingerprint density at radius 3 is 2.35 bits per heavy atom. The van der Waals surface area contributed by atoms with Gasteiger partial charge in [0.05, 0.1) is 11.6 Å². The van der Waals surface area contributed by atoms with Gasteiger partial charge in [-0.05, 0) is 79.4 Å². The number of anilines is 1. The Labute approximate surface area is 179 Å². The summed E-state index contributed by atoms with van der Waals surface area (Å²) in [5.41, 5.74) is 3.57. The lowest BCUT2D eigenvalue weighted by atomic mass is 9.95. The predicted molar refractivity (Wildman–Crippen MR) is 116 cm³/mol. The van der Waals surface area contributed by atoms with Crippen molar-refractivity contribution in [3.05, 3.63) is 100 Å². The molecular formula is C25H21FN2O3. The van der Waals surface area contributed by atoms with Crippen molar-refractivity contribution in [3.8, 4) is 0 Å². The van der Waals surface area contributed by atoms with Gasteiger partial charge in [0.25, 0.3) is 11.7 Å². The Kier molecular flexibility index (Phi) is 5.15. The third kappa shape index (κ3) is 3.61. The average Bonchev–Trinajstić information content (AvgIpc) is 3.00. The molecule has 31 heavy (non-hydrogen) atoms. The number of nitrogens with zero attached hydrogens (tertiary/aromatic N) is 2. The van der Waals surface area contributed by atoms with Crippen LogP contribution >= 0.6 is 0 Å². The molecule has 1 aliphatic heterocycles. The van der Waals surface area contributed by atoms with Crippen LogP contribution in [0.2, 0.25) is 0 Å². The van der Waals surface area contributed by atoms with Crippen molar-refractivity contribution in [1.82, 2.24) is 4.98 Å². The number of carbonyl (C=O) groups is 2. The number of hydrogen-bond donors (Lipinski definition) is 1. The fraction of sp³-hybridized carbons (Fsp3) is 0.160. The number of benzene rings is 2. The highest BCUT2D eigenvalue weighted by Crippen LogP contribution is 2.42. The predicted octanol–water partition coefficient (Wildman–Crippen LogP) is 4.77. The van der Waals surface area contributed by atoms with E-state index in [4.69, 9.17) is 0 Å². The molecule has 1 saturated heterocycles. The van der Waals surface area contributed by atoms with Crippen LogP contribution in [0.4, 0.5) is 10.1 Å². The smallest absolute Gasteiger partial charge is 0.300 e. The van der Waals surface area contributed by atoms with Crippen molar-refractivity contribution in [2.24, 2.45) is 0 Å². The van der Waals surface area contributed by atoms with Crippen LogP contribution in [0.1, 0.15) is 33.9 Å². The van der Waals surface area contributed by atoms with Gasteiger partial charge >= 0.3 is 0 Å². The van der Waals surface area contributed by atoms with Crippen molar-refractivity contribution in [2.75, 3.05) is 4.90 Å². The van der Waals surface area contributed by atoms with Crippen LogP contribution in [0.25, 0.3) is 5.76 Å². The summed E-state index contributed by atoms with van der Waals surface area (Å²) >= 11 is 0. The molecule has 1 N–H and O–H groups in total. The summed E-state index contributed by atoms with van der Waals surface area (Å²) in [4.78, 5) is 31.8. The zero-order valence-electron chi connectivity index (χ0n) is 17.4. The van der Waals surface area contributed by atoms with Gasteiger partial charge in [-0.25, -0.2) is 4.39 Å². The number of aryl methyl sites for hydroxylation is 3. The monoisotopic (exact) mass is 416 g/mol. The van der Waals surface area contributed by atoms with E-state index in [1.165, 1.54) is 23.1 Å². The van der Waals surface area contributed by atoms with E-state index >= 15 is 0 Å². The highest BCUT2D eigenvalue weighted by molar-refractivity contribution is 6.51. The third-order valence-corrected chi connectivity index (χ3v) is 5.36. The molecule has 2 aromatic carbocycles. The average molecular weight is 416 g/mol. The Morgan fingerprint density at radius 1 is 1.03 bits per heavy atom. The molecule has 156 valence electrons. The van der Waals surface area contributed by atoms with Gasteiger partial charge in [0.15, 0.2) is 0 Å². The maximum atomic E-state index is 13.7. The lowest BCUT2D eigenvalue weighted by molar-refractivity contribution is -0.132. The molecule has 1 aromatic heterocycles. The number of aromatic nitrogens is 1. The molecule has 0 aliphatic carbocycles. The topological polar surface area (TPSA) is 70.5 Å². The summed E-state index contributed by atoms with van der Waals surface area (Å²) in [5.74, 6) is -2.30. The van der Waals surface area contributed by atoms with Gasteiger partial charge in [0, 0.05) is 23.6 Å². The van der Waals surface area contributed by atoms with Crippen molar-refractivity contribution in [2.45, 2.75) is 26.8 Å². The number of hydrogen-bond acceptors (Lipinski definition) is 4. The van der Waals surface area contributed by atoms with E-state index in [2.05, 4.69) is 4.98 Å². The molecule has 1 atom stereocenters. The second-order valence-corrected chi connectivity index (χ2v) is 7.77. The quantitative estimate of drug-likeness (QED) is 0.379. The molecule has 3 aromatic rings. The summed E-state index contributed by atoms with van der Waals surface area (Å²) in [6, 6.07) is 12.3. The van der Waals surface area contributed by atoms with Gasteiger partial charge in [-0.3, -0.25) is 19.5 Å². The molecule has 5 nitrogen and oxygen atoms in total. The van der Waals surface area contributed by atoms with E-state index < -0.39 is 23.5 Å². The minimum Gasteiger partial charge on any atom is -0.507 e. The van der Waals surface area contributed by atoms with Crippen LogP contribution in [-0.4, -0.2) is 21.8 Å². The molecule has 4 rings (SSSR count). The largest absolute Gasteiger partial charge is 0.507 e. The second-order valence-electron chi connectivity index (χ2n) is 7.77. The Morgan fingerprint density at radius 2 is 1.74 bits per heavy atom. The lowest BCUT2D eigenvalue weighted by Gasteiger charge is -2.26. The molecule has 0 saturated carbocycles. The van der Waals surface area contributed by atoms with Crippen LogP contribution in [0.5, 0.6) is 0 Å². The molecule has 0 spiro atoms. The summed E-state index contributed by atoms with van der Waals surface area (Å²) in [7, 11) is 0. The fourth-order valence-corrected chi connectivity index (χ4v) is 3.99. The molecule has 1 amide bonds. The van der Waals surface area contributed by atoms with Crippen LogP contribution in [-0.2, 0) is 9.59 Å². The van der Waals surface area contributed by atoms with Gasteiger partial charge in [-0.2, -0.15) is 0 Å². The molecule has 6 heteroatoms. The molecule has 1 unspecified atom stereocenters. The zero-order chi connectivity index (χ0) is 22.3. The van der Waals surface area contributed by atoms with Gasteiger partial charge in [0.1, 0.15) is 11.6 Å². The van der Waals surface area contributed by atoms with Crippen LogP contribution < -0.4 is 4.90 Å². The van der Waals surface area contributed by atoms with Gasteiger partial charge in [0.2, 0.25) is 0 Å². The number of rotatable bonds is 3. The van der Waals surface area contributed by atoms with Crippen molar-refractivity contribution < 1.29 is 19.1 Å². The summed E-state index contributed by atoms with van der Waals surface area (Å²) < 4.78 is 13.7. The van der Waals surface area contributed by atoms with E-state index in [0.717, 1.165) is 11.1 Å². The second kappa shape index (κ2) is 7.80. The number of pyridine rings is 1. The fourth-order valence-electron chi connectivity index (χ4n) is 3.99. The van der Waals surface area contributed by atoms with E-state index in [-0.39, 0.29) is 16.9 Å². The first-order chi connectivity index (χ1) is 14.8. The van der Waals surface area contributed by atoms with E-state index in [0.29, 0.717) is 16.8 Å². The molecular weight excluding hydrogens is 395 g/mol. The number of aliphatic hydroxyl groups is 1. The minimum atomic E-state index is -0.861. The normalized spacial score (nSPS) is 17.9. The minimum absolute atomic E-state index is 0.0526. The number of aliphatic hydroxyl groups excluding tert-OH is 1. The summed E-state index contributed by atoms with van der Waals surface area (Å²) in [5, 5.41) is 11.1. The SMILES string of the molecule is Cc1cc(C)cc(N2C(=O)C(=O)/C(=C(\O)c3ccc(F)c(C)c3)C2c2cccnc2)c1. The first kappa shape index (κ1) is 20.5. The number of Topliss-reactive ketones (excluding diaryl/α,β-unsaturated/α-hetero) is 1. The van der Waals surface area contributed by atoms with Gasteiger partial charge < -0.3 is 5.11 Å². The molecule has 1 fully saturated rings. The van der Waals surface area contributed by atoms with E-state index in [9.17, 15) is 19.1 Å². The Bertz CT molecular complexity index is 1210. The first-order valence-electron chi connectivity index (χ1n) is 9.83. The Hall–Kier alpha value is -3.80.